The quantitative estimate of drug-likeness (QED) is 0.0321. The fraction of sp³-hybridized carbons (Fsp3) is 0.526. The number of anilines is 4. The molecule has 6 aromatic rings. The number of nitrogens with two attached hydrogens (primary N) is 4. The largest absolute Gasteiger partial charge is 0.694 e. The van der Waals surface area contributed by atoms with Crippen molar-refractivity contribution >= 4 is 77.6 Å². The molecule has 40 nitrogen and oxygen atoms in total. The zero-order chi connectivity index (χ0) is 58.6. The van der Waals surface area contributed by atoms with Crippen LogP contribution in [-0.4, -0.2) is 158 Å². The van der Waals surface area contributed by atoms with E-state index in [4.69, 9.17) is 73.5 Å². The van der Waals surface area contributed by atoms with Crippen LogP contribution >= 0.6 is 31.7 Å². The molecule has 0 aromatic carbocycles. The zero-order valence-electron chi connectivity index (χ0n) is 41.6. The first-order chi connectivity index (χ1) is 38.8. The maximum atomic E-state index is 14.0. The van der Waals surface area contributed by atoms with Gasteiger partial charge in [-0.2, -0.15) is 19.9 Å². The van der Waals surface area contributed by atoms with Crippen LogP contribution in [0.3, 0.4) is 0 Å². The summed E-state index contributed by atoms with van der Waals surface area (Å²) in [5.74, 6) is -0.845. The molecule has 4 unspecified atom stereocenters. The summed E-state index contributed by atoms with van der Waals surface area (Å²) in [7, 11) is -19.2. The molecule has 0 amide bonds. The van der Waals surface area contributed by atoms with Gasteiger partial charge in [-0.25, -0.2) is 33.3 Å². The molecule has 0 aliphatic carbocycles. The summed E-state index contributed by atoms with van der Waals surface area (Å²) in [6.07, 6.45) is -13.3. The average Bonchev–Trinajstić information content (AvgIpc) is 4.40. The van der Waals surface area contributed by atoms with Crippen molar-refractivity contribution in [3.05, 3.63) is 78.9 Å². The van der Waals surface area contributed by atoms with Crippen LogP contribution in [0.2, 0.25) is 0 Å². The van der Waals surface area contributed by atoms with Crippen LogP contribution in [0.1, 0.15) is 50.6 Å². The second-order valence-corrected chi connectivity index (χ2v) is 23.4. The average molecular weight is 1240 g/mol. The highest BCUT2D eigenvalue weighted by Gasteiger charge is 2.49. The molecule has 6 aromatic heterocycles. The first kappa shape index (κ1) is 59.0. The molecule has 0 saturated carbocycles. The highest BCUT2D eigenvalue weighted by Crippen LogP contribution is 2.54. The number of nitrogens with one attached hydrogen (secondary N) is 2. The molecular formula is C38H49N16O24P4+. The molecule has 10 rings (SSSR count). The number of nitrogen functional groups attached to an aromatic ring is 4. The van der Waals surface area contributed by atoms with Crippen molar-refractivity contribution in [1.29, 1.82) is 0 Å². The fourth-order valence-corrected chi connectivity index (χ4v) is 12.4. The van der Waals surface area contributed by atoms with E-state index >= 15 is 0 Å². The predicted octanol–water partition coefficient (Wildman–Crippen LogP) is -2.22. The number of aromatic nitrogens is 12. The molecular weight excluding hydrogens is 1190 g/mol. The van der Waals surface area contributed by atoms with E-state index in [2.05, 4.69) is 39.9 Å². The van der Waals surface area contributed by atoms with E-state index in [1.807, 2.05) is 0 Å². The normalized spacial score (nSPS) is 29.1. The topological polar surface area (TPSA) is 572 Å². The molecule has 0 spiro atoms. The maximum Gasteiger partial charge on any atom is 0.694 e. The van der Waals surface area contributed by atoms with Gasteiger partial charge in [0.25, 0.3) is 11.1 Å². The van der Waals surface area contributed by atoms with Crippen molar-refractivity contribution in [1.82, 2.24) is 58.1 Å². The van der Waals surface area contributed by atoms with E-state index in [9.17, 15) is 62.1 Å². The lowest BCUT2D eigenvalue weighted by Crippen LogP contribution is -2.31. The molecule has 4 aliphatic heterocycles. The smallest absolute Gasteiger partial charge is 0.390 e. The lowest BCUT2D eigenvalue weighted by atomic mass is 10.2. The molecule has 4 aliphatic rings. The third-order valence-corrected chi connectivity index (χ3v) is 16.4. The van der Waals surface area contributed by atoms with Gasteiger partial charge in [0, 0.05) is 42.6 Å². The third kappa shape index (κ3) is 13.3. The number of hydrogen-bond acceptors (Lipinski definition) is 30. The summed E-state index contributed by atoms with van der Waals surface area (Å²) in [4.78, 5) is 121. The highest BCUT2D eigenvalue weighted by molar-refractivity contribution is 7.48. The van der Waals surface area contributed by atoms with Crippen LogP contribution in [0.4, 0.5) is 23.5 Å². The third-order valence-electron chi connectivity index (χ3n) is 13.0. The van der Waals surface area contributed by atoms with Crippen molar-refractivity contribution in [2.24, 2.45) is 0 Å². The van der Waals surface area contributed by atoms with Crippen LogP contribution < -0.4 is 45.4 Å². The van der Waals surface area contributed by atoms with Gasteiger partial charge >= 0.3 is 43.1 Å². The fourth-order valence-electron chi connectivity index (χ4n) is 9.27. The highest BCUT2D eigenvalue weighted by atomic mass is 31.2. The SMILES string of the molecule is Nc1ccn([C@H]2C[C@H](OP(=O)(O)OC[C@H]3O[C@@H](n4cnc5c(=O)[nH]c(N)nc54)C[C@@H]3OP(=O)(O)OC[C@H]3O[C@@H](n4ccc(N)nc4=O)C[C@@H]3OP(=O)(O)OC[C@H]3O[C@@H](n4cnc5c(=O)[nH]c(N)nc54)C[C@@H]3O)[C@@H](CO[P+](=O)O)O2)c(=O)n1. The minimum Gasteiger partial charge on any atom is -0.390 e. The van der Waals surface area contributed by atoms with Crippen LogP contribution in [0.5, 0.6) is 0 Å². The lowest BCUT2D eigenvalue weighted by Gasteiger charge is -2.25. The summed E-state index contributed by atoms with van der Waals surface area (Å²) in [5, 5.41) is 10.9. The van der Waals surface area contributed by atoms with Crippen molar-refractivity contribution in [3.63, 3.8) is 0 Å². The van der Waals surface area contributed by atoms with E-state index in [-0.39, 0.29) is 58.7 Å². The second kappa shape index (κ2) is 23.5. The first-order valence-corrected chi connectivity index (χ1v) is 29.6. The van der Waals surface area contributed by atoms with E-state index in [0.717, 1.165) is 15.5 Å². The Morgan fingerprint density at radius 2 is 0.939 bits per heavy atom. The van der Waals surface area contributed by atoms with Gasteiger partial charge < -0.3 is 61.7 Å². The molecule has 0 bridgehead atoms. The van der Waals surface area contributed by atoms with Crippen LogP contribution in [-0.2, 0) is 68.9 Å². The molecule has 16 atom stereocenters. The van der Waals surface area contributed by atoms with E-state index in [1.165, 1.54) is 40.0 Å². The van der Waals surface area contributed by atoms with Gasteiger partial charge in [-0.15, -0.1) is 9.42 Å². The summed E-state index contributed by atoms with van der Waals surface area (Å²) in [6.45, 7) is -3.42. The summed E-state index contributed by atoms with van der Waals surface area (Å²) in [6, 6.07) is 2.50. The summed E-state index contributed by atoms with van der Waals surface area (Å²) >= 11 is 0. The molecule has 82 heavy (non-hydrogen) atoms. The number of hydrogen-bond donors (Lipinski definition) is 11. The van der Waals surface area contributed by atoms with Gasteiger partial charge in [0.05, 0.1) is 38.6 Å². The second-order valence-electron chi connectivity index (χ2n) is 18.4. The number of rotatable bonds is 22. The lowest BCUT2D eigenvalue weighted by molar-refractivity contribution is -0.0625. The number of fused-ring (bicyclic) bond motifs is 2. The Hall–Kier alpha value is -6.19. The number of ether oxygens (including phenoxy) is 4. The number of aliphatic hydroxyl groups is 1. The first-order valence-electron chi connectivity index (χ1n) is 24.0. The number of nitrogens with zero attached hydrogens (tertiary/aromatic N) is 10. The minimum atomic E-state index is -5.43. The number of H-pyrrole nitrogens is 2. The Bertz CT molecular complexity index is 3790. The molecule has 15 N–H and O–H groups in total. The van der Waals surface area contributed by atoms with Crippen molar-refractivity contribution < 1.29 is 93.6 Å². The molecule has 444 valence electrons. The molecule has 4 fully saturated rings. The maximum absolute atomic E-state index is 14.0. The van der Waals surface area contributed by atoms with Crippen LogP contribution in [0.15, 0.2) is 56.4 Å². The predicted molar refractivity (Wildman–Crippen MR) is 269 cm³/mol. The van der Waals surface area contributed by atoms with E-state index in [1.54, 1.807) is 0 Å². The van der Waals surface area contributed by atoms with Crippen molar-refractivity contribution in [2.75, 3.05) is 49.4 Å². The van der Waals surface area contributed by atoms with Gasteiger partial charge in [0.1, 0.15) is 85.9 Å². The van der Waals surface area contributed by atoms with Crippen LogP contribution in [0, 0.1) is 0 Å². The van der Waals surface area contributed by atoms with Gasteiger partial charge in [0.15, 0.2) is 22.3 Å². The Labute approximate surface area is 455 Å². The molecule has 44 heteroatoms. The standard InChI is InChI=1S/C38H48N16O24P4/c39-23-1-3-51(37(58)45-23)26-6-16(20(73-26)9-68-79(60)61)76-81(64,65)71-12-22-18(8-28(75-22)54-14-44-30-32(54)48-36(42)50-34(30)57)78-82(66,67)70-11-21-17(7-27(74-21)52-4-2-24(40)46-38(52)59)77-80(62,63)69-10-19-15(55)5-25(72-19)53-13-43-29-31(53)47-35(41)49-33(29)56/h1-4,13-22,25-28,55H,5-12H2,(H13-,39,40,41,42,45,46,47,48,49,50,56,57,58,59,60,61,62,63,64,65,66,67)/p+1/t15-,16-,17-,18-,19+,20+,21+,22+,25+,26+,27+,28+/m0/s1. The summed E-state index contributed by atoms with van der Waals surface area (Å²) < 4.78 is 118. The van der Waals surface area contributed by atoms with E-state index in [0.29, 0.717) is 0 Å². The number of phosphoric acid groups is 3. The Kier molecular flexibility index (Phi) is 16.9. The zero-order valence-corrected chi connectivity index (χ0v) is 45.2. The van der Waals surface area contributed by atoms with Gasteiger partial charge in [-0.05, 0) is 12.1 Å². The Balaban J connectivity index is 0.834. The van der Waals surface area contributed by atoms with Crippen molar-refractivity contribution in [2.45, 2.75) is 99.4 Å². The summed E-state index contributed by atoms with van der Waals surface area (Å²) in [5.41, 5.74) is 19.2. The number of aliphatic hydroxyl groups excluding tert-OH is 1. The van der Waals surface area contributed by atoms with Crippen LogP contribution in [0.25, 0.3) is 22.3 Å². The Morgan fingerprint density at radius 1 is 0.573 bits per heavy atom. The molecule has 0 radical (unpaired) electrons. The van der Waals surface area contributed by atoms with Gasteiger partial charge in [-0.1, -0.05) is 0 Å². The van der Waals surface area contributed by atoms with Gasteiger partial charge in [0.2, 0.25) is 11.9 Å². The number of phosphoric ester groups is 3. The van der Waals surface area contributed by atoms with Gasteiger partial charge in [-0.3, -0.25) is 65.0 Å². The molecule has 10 heterocycles. The van der Waals surface area contributed by atoms with Crippen molar-refractivity contribution in [3.8, 4) is 0 Å². The monoisotopic (exact) mass is 1240 g/mol. The molecule has 4 saturated heterocycles. The number of aromatic amines is 2. The number of imidazole rings is 2. The minimum absolute atomic E-state index is 0.0258. The Morgan fingerprint density at radius 3 is 1.34 bits per heavy atom. The van der Waals surface area contributed by atoms with E-state index < -0.39 is 167 Å².